The minimum absolute atomic E-state index is 0.0471. The highest BCUT2D eigenvalue weighted by molar-refractivity contribution is 5.76. The molecule has 1 atom stereocenters. The van der Waals surface area contributed by atoms with Crippen LogP contribution in [0.15, 0.2) is 24.3 Å². The molecule has 0 bridgehead atoms. The quantitative estimate of drug-likeness (QED) is 0.314. The highest BCUT2D eigenvalue weighted by atomic mass is 16.3. The van der Waals surface area contributed by atoms with E-state index in [0.717, 1.165) is 32.1 Å². The highest BCUT2D eigenvalue weighted by Gasteiger charge is 2.13. The summed E-state index contributed by atoms with van der Waals surface area (Å²) in [5.74, 6) is -0.422. The van der Waals surface area contributed by atoms with Crippen LogP contribution >= 0.6 is 0 Å². The van der Waals surface area contributed by atoms with Crippen LogP contribution in [0.25, 0.3) is 0 Å². The lowest BCUT2D eigenvalue weighted by atomic mass is 9.97. The van der Waals surface area contributed by atoms with E-state index in [0.29, 0.717) is 6.42 Å². The SMILES string of the molecule is CCCCCC=CCC=CCCCCCCC(CCO)C(N)=O. The third kappa shape index (κ3) is 15.6. The van der Waals surface area contributed by atoms with Crippen molar-refractivity contribution in [1.82, 2.24) is 0 Å². The Hall–Kier alpha value is -1.09. The van der Waals surface area contributed by atoms with Gasteiger partial charge < -0.3 is 10.8 Å². The van der Waals surface area contributed by atoms with Crippen molar-refractivity contribution in [3.8, 4) is 0 Å². The van der Waals surface area contributed by atoms with Crippen molar-refractivity contribution in [1.29, 1.82) is 0 Å². The molecule has 0 fully saturated rings. The highest BCUT2D eigenvalue weighted by Crippen LogP contribution is 2.14. The van der Waals surface area contributed by atoms with Gasteiger partial charge in [0, 0.05) is 12.5 Å². The lowest BCUT2D eigenvalue weighted by molar-refractivity contribution is -0.122. The van der Waals surface area contributed by atoms with E-state index in [1.165, 1.54) is 38.5 Å². The number of rotatable bonds is 16. The molecular formula is C20H37NO2. The first kappa shape index (κ1) is 21.9. The molecule has 23 heavy (non-hydrogen) atoms. The fourth-order valence-corrected chi connectivity index (χ4v) is 2.61. The Morgan fingerprint density at radius 3 is 2.09 bits per heavy atom. The Kier molecular flexibility index (Phi) is 16.4. The molecule has 3 heteroatoms. The summed E-state index contributed by atoms with van der Waals surface area (Å²) >= 11 is 0. The zero-order valence-electron chi connectivity index (χ0n) is 15.0. The second kappa shape index (κ2) is 17.3. The Morgan fingerprint density at radius 1 is 0.913 bits per heavy atom. The van der Waals surface area contributed by atoms with Crippen LogP contribution < -0.4 is 5.73 Å². The summed E-state index contributed by atoms with van der Waals surface area (Å²) in [4.78, 5) is 11.2. The molecule has 0 spiro atoms. The van der Waals surface area contributed by atoms with Crippen molar-refractivity contribution in [3.05, 3.63) is 24.3 Å². The number of hydrogen-bond donors (Lipinski definition) is 2. The van der Waals surface area contributed by atoms with E-state index in [2.05, 4.69) is 31.2 Å². The molecule has 0 aromatic rings. The van der Waals surface area contributed by atoms with E-state index >= 15 is 0 Å². The van der Waals surface area contributed by atoms with Gasteiger partial charge in [0.15, 0.2) is 0 Å². The number of carbonyl (C=O) groups excluding carboxylic acids is 1. The number of hydrogen-bond acceptors (Lipinski definition) is 2. The second-order valence-electron chi connectivity index (χ2n) is 6.28. The Morgan fingerprint density at radius 2 is 1.52 bits per heavy atom. The van der Waals surface area contributed by atoms with E-state index < -0.39 is 0 Å². The number of allylic oxidation sites excluding steroid dienone is 4. The monoisotopic (exact) mass is 323 g/mol. The van der Waals surface area contributed by atoms with E-state index in [1.807, 2.05) is 0 Å². The fraction of sp³-hybridized carbons (Fsp3) is 0.750. The first-order valence-electron chi connectivity index (χ1n) is 9.42. The molecule has 0 aromatic carbocycles. The number of amides is 1. The lowest BCUT2D eigenvalue weighted by Gasteiger charge is -2.10. The summed E-state index contributed by atoms with van der Waals surface area (Å²) in [6.45, 7) is 2.28. The van der Waals surface area contributed by atoms with Gasteiger partial charge in [0.25, 0.3) is 0 Å². The number of aliphatic hydroxyl groups is 1. The minimum atomic E-state index is -0.273. The molecule has 0 aliphatic heterocycles. The molecule has 3 N–H and O–H groups in total. The first-order chi connectivity index (χ1) is 11.2. The van der Waals surface area contributed by atoms with Crippen LogP contribution in [-0.4, -0.2) is 17.6 Å². The molecule has 0 saturated heterocycles. The topological polar surface area (TPSA) is 63.3 Å². The maximum Gasteiger partial charge on any atom is 0.220 e. The maximum absolute atomic E-state index is 11.2. The van der Waals surface area contributed by atoms with Crippen molar-refractivity contribution in [2.24, 2.45) is 11.7 Å². The van der Waals surface area contributed by atoms with Crippen LogP contribution in [0.5, 0.6) is 0 Å². The van der Waals surface area contributed by atoms with Crippen LogP contribution in [0, 0.1) is 5.92 Å². The molecule has 3 nitrogen and oxygen atoms in total. The van der Waals surface area contributed by atoms with Gasteiger partial charge in [0.1, 0.15) is 0 Å². The Bertz CT molecular complexity index is 324. The van der Waals surface area contributed by atoms with Gasteiger partial charge >= 0.3 is 0 Å². The molecule has 0 saturated carbocycles. The van der Waals surface area contributed by atoms with Gasteiger partial charge in [-0.15, -0.1) is 0 Å². The van der Waals surface area contributed by atoms with Gasteiger partial charge in [-0.2, -0.15) is 0 Å². The molecule has 0 rings (SSSR count). The Balaban J connectivity index is 3.41. The number of nitrogens with two attached hydrogens (primary N) is 1. The molecule has 0 heterocycles. The number of carbonyl (C=O) groups is 1. The van der Waals surface area contributed by atoms with Crippen molar-refractivity contribution in [3.63, 3.8) is 0 Å². The van der Waals surface area contributed by atoms with Crippen LogP contribution in [0.1, 0.15) is 84.0 Å². The fourth-order valence-electron chi connectivity index (χ4n) is 2.61. The van der Waals surface area contributed by atoms with Gasteiger partial charge in [-0.1, -0.05) is 63.3 Å². The summed E-state index contributed by atoms with van der Waals surface area (Å²) in [5, 5.41) is 8.88. The standard InChI is InChI=1S/C20H37NO2/c1-2-3-4-5-6-7-8-9-10-11-12-13-14-15-16-19(17-18-22)20(21)23/h6-7,9-10,19,22H,2-5,8,11-18H2,1H3,(H2,21,23). The third-order valence-electron chi connectivity index (χ3n) is 4.13. The average Bonchev–Trinajstić information content (AvgIpc) is 2.54. The Labute approximate surface area is 143 Å². The van der Waals surface area contributed by atoms with Crippen molar-refractivity contribution in [2.75, 3.05) is 6.61 Å². The van der Waals surface area contributed by atoms with Crippen LogP contribution in [0.3, 0.4) is 0 Å². The molecule has 0 radical (unpaired) electrons. The van der Waals surface area contributed by atoms with Crippen LogP contribution in [0.4, 0.5) is 0 Å². The smallest absolute Gasteiger partial charge is 0.220 e. The van der Waals surface area contributed by atoms with Gasteiger partial charge in [-0.3, -0.25) is 4.79 Å². The lowest BCUT2D eigenvalue weighted by Crippen LogP contribution is -2.24. The van der Waals surface area contributed by atoms with Gasteiger partial charge in [0.2, 0.25) is 5.91 Å². The summed E-state index contributed by atoms with van der Waals surface area (Å²) in [6.07, 6.45) is 22.3. The van der Waals surface area contributed by atoms with Crippen molar-refractivity contribution < 1.29 is 9.90 Å². The third-order valence-corrected chi connectivity index (χ3v) is 4.13. The number of primary amides is 1. The average molecular weight is 324 g/mol. The minimum Gasteiger partial charge on any atom is -0.396 e. The number of aliphatic hydroxyl groups excluding tert-OH is 1. The predicted molar refractivity (Wildman–Crippen MR) is 99.1 cm³/mol. The van der Waals surface area contributed by atoms with Crippen molar-refractivity contribution in [2.45, 2.75) is 84.0 Å². The molecule has 0 aliphatic carbocycles. The molecule has 1 unspecified atom stereocenters. The van der Waals surface area contributed by atoms with E-state index in [9.17, 15) is 4.79 Å². The number of unbranched alkanes of at least 4 members (excludes halogenated alkanes) is 7. The van der Waals surface area contributed by atoms with Gasteiger partial charge in [0.05, 0.1) is 0 Å². The van der Waals surface area contributed by atoms with Crippen LogP contribution in [-0.2, 0) is 4.79 Å². The first-order valence-corrected chi connectivity index (χ1v) is 9.42. The predicted octanol–water partition coefficient (Wildman–Crippen LogP) is 4.89. The van der Waals surface area contributed by atoms with E-state index in [4.69, 9.17) is 10.8 Å². The summed E-state index contributed by atoms with van der Waals surface area (Å²) in [7, 11) is 0. The van der Waals surface area contributed by atoms with E-state index in [1.54, 1.807) is 0 Å². The maximum atomic E-state index is 11.2. The molecule has 1 amide bonds. The summed E-state index contributed by atoms with van der Waals surface area (Å²) in [6, 6.07) is 0. The molecule has 0 aliphatic rings. The normalized spacial score (nSPS) is 13.1. The molecular weight excluding hydrogens is 286 g/mol. The molecule has 0 aromatic heterocycles. The summed E-state index contributed by atoms with van der Waals surface area (Å²) < 4.78 is 0. The van der Waals surface area contributed by atoms with Crippen molar-refractivity contribution >= 4 is 5.91 Å². The second-order valence-corrected chi connectivity index (χ2v) is 6.28. The summed E-state index contributed by atoms with van der Waals surface area (Å²) in [5.41, 5.74) is 5.31. The zero-order valence-corrected chi connectivity index (χ0v) is 15.0. The van der Waals surface area contributed by atoms with Gasteiger partial charge in [-0.25, -0.2) is 0 Å². The van der Waals surface area contributed by atoms with Gasteiger partial charge in [-0.05, 0) is 44.9 Å². The molecule has 134 valence electrons. The largest absolute Gasteiger partial charge is 0.396 e. The van der Waals surface area contributed by atoms with Crippen LogP contribution in [0.2, 0.25) is 0 Å². The zero-order chi connectivity index (χ0) is 17.2. The van der Waals surface area contributed by atoms with E-state index in [-0.39, 0.29) is 18.4 Å².